The number of amides is 1. The van der Waals surface area contributed by atoms with Crippen LogP contribution in [0.5, 0.6) is 0 Å². The van der Waals surface area contributed by atoms with Crippen LogP contribution in [0, 0.1) is 11.6 Å². The molecule has 0 aliphatic rings. The van der Waals surface area contributed by atoms with Crippen LogP contribution in [0.2, 0.25) is 5.02 Å². The van der Waals surface area contributed by atoms with Gasteiger partial charge in [0.25, 0.3) is 0 Å². The molecule has 0 aliphatic heterocycles. The molecule has 2 aromatic heterocycles. The minimum absolute atomic E-state index is 0.180. The van der Waals surface area contributed by atoms with Crippen LogP contribution in [0.4, 0.5) is 14.5 Å². The highest BCUT2D eigenvalue weighted by molar-refractivity contribution is 6.31. The Morgan fingerprint density at radius 3 is 2.60 bits per heavy atom. The fourth-order valence-corrected chi connectivity index (χ4v) is 4.13. The van der Waals surface area contributed by atoms with Crippen LogP contribution in [-0.2, 0) is 11.2 Å². The van der Waals surface area contributed by atoms with E-state index in [-0.39, 0.29) is 22.1 Å². The Morgan fingerprint density at radius 1 is 1.00 bits per heavy atom. The Labute approximate surface area is 204 Å². The number of halogens is 3. The lowest BCUT2D eigenvalue weighted by Gasteiger charge is -2.17. The van der Waals surface area contributed by atoms with Gasteiger partial charge in [0.1, 0.15) is 5.82 Å². The van der Waals surface area contributed by atoms with Crippen molar-refractivity contribution >= 4 is 34.1 Å². The zero-order valence-electron chi connectivity index (χ0n) is 18.3. The Hall–Kier alpha value is -4.10. The van der Waals surface area contributed by atoms with Gasteiger partial charge in [0, 0.05) is 22.8 Å². The van der Waals surface area contributed by atoms with Crippen LogP contribution in [0.15, 0.2) is 85.2 Å². The second kappa shape index (κ2) is 9.64. The quantitative estimate of drug-likeness (QED) is 0.267. The van der Waals surface area contributed by atoms with Gasteiger partial charge in [0.05, 0.1) is 33.9 Å². The summed E-state index contributed by atoms with van der Waals surface area (Å²) < 4.78 is 28.8. The number of aromatic amines is 1. The number of carbonyl (C=O) groups excluding carboxylic acids is 1. The number of nitrogens with zero attached hydrogens (tertiary/aromatic N) is 2. The van der Waals surface area contributed by atoms with Crippen LogP contribution >= 0.6 is 11.6 Å². The smallest absolute Gasteiger partial charge is 0.233 e. The standard InChI is InChI=1S/C27H19ClF2N4O/c28-21-9-10-22(29)25(26(21)30)18-7-11-23(31-14-18)20(12-16-4-2-1-3-5-16)27(35)33-19-8-6-17-15-32-34-24(17)13-19/h1-11,13-15,20H,12H2,(H,32,34)(H,33,35). The van der Waals surface area contributed by atoms with E-state index >= 15 is 0 Å². The summed E-state index contributed by atoms with van der Waals surface area (Å²) >= 11 is 5.83. The third-order valence-electron chi connectivity index (χ3n) is 5.78. The average molecular weight is 489 g/mol. The number of fused-ring (bicyclic) bond motifs is 1. The van der Waals surface area contributed by atoms with Gasteiger partial charge in [0.15, 0.2) is 5.82 Å². The maximum absolute atomic E-state index is 14.5. The Balaban J connectivity index is 1.47. The molecule has 1 amide bonds. The van der Waals surface area contributed by atoms with Gasteiger partial charge in [-0.15, -0.1) is 0 Å². The van der Waals surface area contributed by atoms with Crippen LogP contribution in [0.1, 0.15) is 17.2 Å². The average Bonchev–Trinajstić information content (AvgIpc) is 3.34. The summed E-state index contributed by atoms with van der Waals surface area (Å²) in [5.74, 6) is -2.49. The maximum atomic E-state index is 14.5. The largest absolute Gasteiger partial charge is 0.325 e. The van der Waals surface area contributed by atoms with Crippen molar-refractivity contribution in [1.29, 1.82) is 0 Å². The SMILES string of the molecule is O=C(Nc1ccc2cn[nH]c2c1)C(Cc1ccccc1)c1ccc(-c2c(F)ccc(Cl)c2F)cn1. The first kappa shape index (κ1) is 22.7. The molecule has 5 aromatic rings. The van der Waals surface area contributed by atoms with Gasteiger partial charge in [-0.1, -0.05) is 48.0 Å². The number of hydrogen-bond acceptors (Lipinski definition) is 3. The molecule has 35 heavy (non-hydrogen) atoms. The zero-order chi connectivity index (χ0) is 24.4. The van der Waals surface area contributed by atoms with E-state index in [1.165, 1.54) is 12.3 Å². The Morgan fingerprint density at radius 2 is 1.83 bits per heavy atom. The number of rotatable bonds is 6. The number of H-pyrrole nitrogens is 1. The van der Waals surface area contributed by atoms with E-state index < -0.39 is 17.6 Å². The summed E-state index contributed by atoms with van der Waals surface area (Å²) in [7, 11) is 0. The molecule has 0 fully saturated rings. The summed E-state index contributed by atoms with van der Waals surface area (Å²) in [5, 5.41) is 10.6. The van der Waals surface area contributed by atoms with Crippen molar-refractivity contribution in [3.05, 3.63) is 113 Å². The van der Waals surface area contributed by atoms with Crippen molar-refractivity contribution in [2.24, 2.45) is 0 Å². The monoisotopic (exact) mass is 488 g/mol. The molecule has 8 heteroatoms. The van der Waals surface area contributed by atoms with Gasteiger partial charge in [0.2, 0.25) is 5.91 Å². The van der Waals surface area contributed by atoms with Gasteiger partial charge in [-0.25, -0.2) is 8.78 Å². The van der Waals surface area contributed by atoms with E-state index in [1.807, 2.05) is 36.4 Å². The van der Waals surface area contributed by atoms with Crippen molar-refractivity contribution < 1.29 is 13.6 Å². The summed E-state index contributed by atoms with van der Waals surface area (Å²) in [6.07, 6.45) is 3.45. The van der Waals surface area contributed by atoms with Gasteiger partial charge >= 0.3 is 0 Å². The molecule has 3 aromatic carbocycles. The predicted octanol–water partition coefficient (Wildman–Crippen LogP) is 6.52. The van der Waals surface area contributed by atoms with Crippen molar-refractivity contribution in [2.45, 2.75) is 12.3 Å². The Kier molecular flexibility index (Phi) is 6.25. The van der Waals surface area contributed by atoms with Crippen LogP contribution in [0.25, 0.3) is 22.0 Å². The number of aromatic nitrogens is 3. The first-order valence-corrected chi connectivity index (χ1v) is 11.2. The lowest BCUT2D eigenvalue weighted by Crippen LogP contribution is -2.24. The molecule has 1 unspecified atom stereocenters. The zero-order valence-corrected chi connectivity index (χ0v) is 19.1. The fraction of sp³-hybridized carbons (Fsp3) is 0.0741. The summed E-state index contributed by atoms with van der Waals surface area (Å²) in [6.45, 7) is 0. The van der Waals surface area contributed by atoms with E-state index in [2.05, 4.69) is 20.5 Å². The van der Waals surface area contributed by atoms with E-state index in [1.54, 1.807) is 30.5 Å². The summed E-state index contributed by atoms with van der Waals surface area (Å²) in [4.78, 5) is 17.8. The first-order valence-electron chi connectivity index (χ1n) is 10.9. The third-order valence-corrected chi connectivity index (χ3v) is 6.08. The van der Waals surface area contributed by atoms with E-state index in [0.29, 0.717) is 17.8 Å². The van der Waals surface area contributed by atoms with Gasteiger partial charge in [-0.3, -0.25) is 14.9 Å². The van der Waals surface area contributed by atoms with Gasteiger partial charge in [-0.2, -0.15) is 5.10 Å². The minimum Gasteiger partial charge on any atom is -0.325 e. The number of anilines is 1. The number of hydrogen-bond donors (Lipinski definition) is 2. The Bertz CT molecular complexity index is 1500. The molecule has 0 bridgehead atoms. The third kappa shape index (κ3) is 4.76. The molecule has 0 radical (unpaired) electrons. The highest BCUT2D eigenvalue weighted by atomic mass is 35.5. The highest BCUT2D eigenvalue weighted by Gasteiger charge is 2.24. The molecule has 5 nitrogen and oxygen atoms in total. The molecule has 0 saturated heterocycles. The van der Waals surface area contributed by atoms with Crippen molar-refractivity contribution in [1.82, 2.24) is 15.2 Å². The number of carbonyl (C=O) groups is 1. The highest BCUT2D eigenvalue weighted by Crippen LogP contribution is 2.31. The van der Waals surface area contributed by atoms with Crippen molar-refractivity contribution in [3.8, 4) is 11.1 Å². The lowest BCUT2D eigenvalue weighted by molar-refractivity contribution is -0.117. The van der Waals surface area contributed by atoms with Crippen LogP contribution in [0.3, 0.4) is 0 Å². The second-order valence-corrected chi connectivity index (χ2v) is 8.50. The number of benzene rings is 3. The molecule has 174 valence electrons. The molecule has 2 heterocycles. The first-order chi connectivity index (χ1) is 17.0. The van der Waals surface area contributed by atoms with E-state index in [0.717, 1.165) is 22.5 Å². The molecular formula is C27H19ClF2N4O. The molecule has 0 aliphatic carbocycles. The molecule has 2 N–H and O–H groups in total. The summed E-state index contributed by atoms with van der Waals surface area (Å²) in [5.41, 5.74) is 2.82. The molecule has 0 saturated carbocycles. The molecule has 0 spiro atoms. The van der Waals surface area contributed by atoms with E-state index in [4.69, 9.17) is 11.6 Å². The minimum atomic E-state index is -0.853. The van der Waals surface area contributed by atoms with Crippen molar-refractivity contribution in [3.63, 3.8) is 0 Å². The fourth-order valence-electron chi connectivity index (χ4n) is 3.98. The van der Waals surface area contributed by atoms with Gasteiger partial charge in [-0.05, 0) is 48.4 Å². The van der Waals surface area contributed by atoms with E-state index in [9.17, 15) is 13.6 Å². The number of nitrogens with one attached hydrogen (secondary N) is 2. The molecule has 1 atom stereocenters. The predicted molar refractivity (Wildman–Crippen MR) is 132 cm³/mol. The maximum Gasteiger partial charge on any atom is 0.233 e. The van der Waals surface area contributed by atoms with Crippen LogP contribution in [-0.4, -0.2) is 21.1 Å². The molecule has 5 rings (SSSR count). The number of pyridine rings is 1. The van der Waals surface area contributed by atoms with Crippen molar-refractivity contribution in [2.75, 3.05) is 5.32 Å². The second-order valence-electron chi connectivity index (χ2n) is 8.09. The van der Waals surface area contributed by atoms with Gasteiger partial charge < -0.3 is 5.32 Å². The normalized spacial score (nSPS) is 12.0. The lowest BCUT2D eigenvalue weighted by atomic mass is 9.94. The van der Waals surface area contributed by atoms with Crippen LogP contribution < -0.4 is 5.32 Å². The summed E-state index contributed by atoms with van der Waals surface area (Å²) in [6, 6.07) is 20.5. The topological polar surface area (TPSA) is 70.7 Å². The molecular weight excluding hydrogens is 470 g/mol.